The van der Waals surface area contributed by atoms with E-state index in [0.29, 0.717) is 5.69 Å². The molecular weight excluding hydrogens is 234 g/mol. The number of hydrogen-bond acceptors (Lipinski definition) is 3. The first-order valence-electron chi connectivity index (χ1n) is 6.53. The Morgan fingerprint density at radius 2 is 1.68 bits per heavy atom. The minimum Gasteiger partial charge on any atom is -0.340 e. The van der Waals surface area contributed by atoms with E-state index in [4.69, 9.17) is 5.26 Å². The molecule has 0 atom stereocenters. The van der Waals surface area contributed by atoms with E-state index < -0.39 is 0 Å². The number of pyridine rings is 1. The van der Waals surface area contributed by atoms with Gasteiger partial charge in [0.15, 0.2) is 0 Å². The summed E-state index contributed by atoms with van der Waals surface area (Å²) in [5, 5.41) is 12.2. The van der Waals surface area contributed by atoms with Gasteiger partial charge >= 0.3 is 0 Å². The largest absolute Gasteiger partial charge is 0.340 e. The van der Waals surface area contributed by atoms with Crippen LogP contribution in [0.1, 0.15) is 30.7 Å². The average Bonchev–Trinajstić information content (AvgIpc) is 2.47. The van der Waals surface area contributed by atoms with E-state index in [2.05, 4.69) is 48.4 Å². The third-order valence-corrected chi connectivity index (χ3v) is 3.12. The van der Waals surface area contributed by atoms with Crippen molar-refractivity contribution in [1.82, 2.24) is 4.98 Å². The highest BCUT2D eigenvalue weighted by Gasteiger charge is 2.07. The van der Waals surface area contributed by atoms with Gasteiger partial charge in [-0.05, 0) is 36.1 Å². The third-order valence-electron chi connectivity index (χ3n) is 3.12. The molecule has 0 aliphatic heterocycles. The molecule has 0 saturated carbocycles. The predicted octanol–water partition coefficient (Wildman–Crippen LogP) is 3.82. The molecule has 0 saturated heterocycles. The smallest absolute Gasteiger partial charge is 0.142 e. The van der Waals surface area contributed by atoms with E-state index in [1.165, 1.54) is 11.1 Å². The lowest BCUT2D eigenvalue weighted by atomic mass is 10.0. The zero-order chi connectivity index (χ0) is 13.7. The molecule has 0 fully saturated rings. The van der Waals surface area contributed by atoms with Crippen molar-refractivity contribution < 1.29 is 0 Å². The number of rotatable bonds is 4. The Morgan fingerprint density at radius 1 is 1.05 bits per heavy atom. The van der Waals surface area contributed by atoms with Crippen molar-refractivity contribution in [3.05, 3.63) is 53.2 Å². The number of benzene rings is 1. The lowest BCUT2D eigenvalue weighted by molar-refractivity contribution is 1.08. The van der Waals surface area contributed by atoms with E-state index in [1.807, 2.05) is 12.1 Å². The van der Waals surface area contributed by atoms with Crippen molar-refractivity contribution in [1.29, 1.82) is 5.26 Å². The molecule has 1 N–H and O–H groups in total. The second-order valence-corrected chi connectivity index (χ2v) is 4.30. The molecule has 1 aromatic carbocycles. The lowest BCUT2D eigenvalue weighted by Crippen LogP contribution is -2.02. The van der Waals surface area contributed by atoms with Crippen molar-refractivity contribution in [2.45, 2.75) is 26.7 Å². The van der Waals surface area contributed by atoms with E-state index in [-0.39, 0.29) is 0 Å². The summed E-state index contributed by atoms with van der Waals surface area (Å²) >= 11 is 0. The van der Waals surface area contributed by atoms with Gasteiger partial charge in [-0.15, -0.1) is 0 Å². The summed E-state index contributed by atoms with van der Waals surface area (Å²) in [7, 11) is 0. The molecule has 96 valence electrons. The summed E-state index contributed by atoms with van der Waals surface area (Å²) in [6.07, 6.45) is 1.93. The normalized spacial score (nSPS) is 9.95. The van der Waals surface area contributed by atoms with Gasteiger partial charge in [0.1, 0.15) is 17.6 Å². The van der Waals surface area contributed by atoms with Crippen molar-refractivity contribution in [3.63, 3.8) is 0 Å². The van der Waals surface area contributed by atoms with Crippen LogP contribution in [-0.2, 0) is 12.8 Å². The minimum atomic E-state index is 0.428. The van der Waals surface area contributed by atoms with Gasteiger partial charge in [-0.2, -0.15) is 5.26 Å². The number of nitriles is 1. The molecule has 0 unspecified atom stereocenters. The molecule has 1 aromatic heterocycles. The fraction of sp³-hybridized carbons (Fsp3) is 0.250. The highest BCUT2D eigenvalue weighted by molar-refractivity contribution is 5.65. The molecule has 2 rings (SSSR count). The number of aromatic nitrogens is 1. The number of para-hydroxylation sites is 1. The molecule has 0 radical (unpaired) electrons. The number of anilines is 2. The van der Waals surface area contributed by atoms with Gasteiger partial charge in [0, 0.05) is 5.69 Å². The zero-order valence-electron chi connectivity index (χ0n) is 11.3. The predicted molar refractivity (Wildman–Crippen MR) is 77.4 cm³/mol. The maximum absolute atomic E-state index is 8.89. The van der Waals surface area contributed by atoms with E-state index >= 15 is 0 Å². The fourth-order valence-corrected chi connectivity index (χ4v) is 2.10. The van der Waals surface area contributed by atoms with E-state index in [9.17, 15) is 0 Å². The minimum absolute atomic E-state index is 0.428. The molecule has 1 heterocycles. The van der Waals surface area contributed by atoms with Crippen LogP contribution in [0, 0.1) is 11.3 Å². The first kappa shape index (κ1) is 13.1. The van der Waals surface area contributed by atoms with Gasteiger partial charge in [0.05, 0.1) is 0 Å². The summed E-state index contributed by atoms with van der Waals surface area (Å²) in [5.41, 5.74) is 4.08. The molecule has 0 spiro atoms. The summed E-state index contributed by atoms with van der Waals surface area (Å²) in [4.78, 5) is 4.27. The highest BCUT2D eigenvalue weighted by Crippen LogP contribution is 2.25. The van der Waals surface area contributed by atoms with Crippen LogP contribution in [0.4, 0.5) is 11.5 Å². The zero-order valence-corrected chi connectivity index (χ0v) is 11.3. The van der Waals surface area contributed by atoms with Crippen LogP contribution in [0.2, 0.25) is 0 Å². The monoisotopic (exact) mass is 251 g/mol. The molecule has 0 aliphatic carbocycles. The van der Waals surface area contributed by atoms with Crippen molar-refractivity contribution in [3.8, 4) is 6.07 Å². The Bertz CT molecular complexity index is 589. The molecule has 3 nitrogen and oxygen atoms in total. The van der Waals surface area contributed by atoms with Crippen molar-refractivity contribution in [2.75, 3.05) is 5.32 Å². The van der Waals surface area contributed by atoms with Gasteiger partial charge < -0.3 is 5.32 Å². The Kier molecular flexibility index (Phi) is 4.15. The molecule has 0 aliphatic rings. The Balaban J connectivity index is 2.39. The first-order chi connectivity index (χ1) is 9.28. The van der Waals surface area contributed by atoms with Crippen LogP contribution < -0.4 is 5.32 Å². The van der Waals surface area contributed by atoms with E-state index in [0.717, 1.165) is 24.3 Å². The second kappa shape index (κ2) is 6.01. The van der Waals surface area contributed by atoms with Crippen LogP contribution >= 0.6 is 0 Å². The van der Waals surface area contributed by atoms with Gasteiger partial charge in [-0.25, -0.2) is 4.98 Å². The van der Waals surface area contributed by atoms with Gasteiger partial charge in [0.25, 0.3) is 0 Å². The molecule has 0 bridgehead atoms. The van der Waals surface area contributed by atoms with Crippen LogP contribution in [0.3, 0.4) is 0 Å². The van der Waals surface area contributed by atoms with Crippen LogP contribution in [0.5, 0.6) is 0 Å². The average molecular weight is 251 g/mol. The van der Waals surface area contributed by atoms with Crippen LogP contribution in [-0.4, -0.2) is 4.98 Å². The molecule has 3 heteroatoms. The topological polar surface area (TPSA) is 48.7 Å². The lowest BCUT2D eigenvalue weighted by Gasteiger charge is -2.14. The number of nitrogens with one attached hydrogen (secondary N) is 1. The van der Waals surface area contributed by atoms with Gasteiger partial charge in [-0.3, -0.25) is 0 Å². The summed E-state index contributed by atoms with van der Waals surface area (Å²) in [5.74, 6) is 0.717. The molecule has 0 amide bonds. The van der Waals surface area contributed by atoms with Crippen LogP contribution in [0.15, 0.2) is 36.4 Å². The summed E-state index contributed by atoms with van der Waals surface area (Å²) in [6, 6.07) is 13.8. The molecule has 19 heavy (non-hydrogen) atoms. The second-order valence-electron chi connectivity index (χ2n) is 4.30. The Hall–Kier alpha value is -2.34. The summed E-state index contributed by atoms with van der Waals surface area (Å²) < 4.78 is 0. The number of nitrogens with zero attached hydrogens (tertiary/aromatic N) is 2. The van der Waals surface area contributed by atoms with Crippen molar-refractivity contribution >= 4 is 11.5 Å². The SMILES string of the molecule is CCc1cccc(CC)c1Nc1cccc(C#N)n1. The van der Waals surface area contributed by atoms with Gasteiger partial charge in [-0.1, -0.05) is 38.1 Å². The number of aryl methyl sites for hydroxylation is 2. The molecule has 2 aromatic rings. The Labute approximate surface area is 113 Å². The van der Waals surface area contributed by atoms with Crippen molar-refractivity contribution in [2.24, 2.45) is 0 Å². The standard InChI is InChI=1S/C16H17N3/c1-3-12-7-5-8-13(4-2)16(12)19-15-10-6-9-14(11-17)18-15/h5-10H,3-4H2,1-2H3,(H,18,19). The first-order valence-corrected chi connectivity index (χ1v) is 6.53. The fourth-order valence-electron chi connectivity index (χ4n) is 2.10. The summed E-state index contributed by atoms with van der Waals surface area (Å²) in [6.45, 7) is 4.28. The maximum atomic E-state index is 8.89. The molecular formula is C16H17N3. The number of hydrogen-bond donors (Lipinski definition) is 1. The van der Waals surface area contributed by atoms with Crippen LogP contribution in [0.25, 0.3) is 0 Å². The Morgan fingerprint density at radius 3 is 2.26 bits per heavy atom. The highest BCUT2D eigenvalue weighted by atomic mass is 15.0. The van der Waals surface area contributed by atoms with E-state index in [1.54, 1.807) is 6.07 Å². The van der Waals surface area contributed by atoms with Gasteiger partial charge in [0.2, 0.25) is 0 Å². The third kappa shape index (κ3) is 2.92. The quantitative estimate of drug-likeness (QED) is 0.898. The maximum Gasteiger partial charge on any atom is 0.142 e.